The molecule has 142 valence electrons. The molecular formula is C19H29N5OS. The molecule has 0 aromatic carbocycles. The minimum Gasteiger partial charge on any atom is -0.357 e. The summed E-state index contributed by atoms with van der Waals surface area (Å²) in [6.45, 7) is 9.12. The largest absolute Gasteiger partial charge is 0.357 e. The van der Waals surface area contributed by atoms with Crippen LogP contribution in [0.3, 0.4) is 0 Å². The Hall–Kier alpha value is -2.15. The van der Waals surface area contributed by atoms with Crippen molar-refractivity contribution < 1.29 is 0 Å². The van der Waals surface area contributed by atoms with Crippen LogP contribution in [0.1, 0.15) is 36.2 Å². The van der Waals surface area contributed by atoms with E-state index in [-0.39, 0.29) is 5.56 Å². The van der Waals surface area contributed by atoms with Gasteiger partial charge in [0.25, 0.3) is 5.56 Å². The predicted octanol–water partition coefficient (Wildman–Crippen LogP) is 2.80. The Labute approximate surface area is 159 Å². The second-order valence-electron chi connectivity index (χ2n) is 6.31. The number of aromatic nitrogens is 2. The van der Waals surface area contributed by atoms with Gasteiger partial charge in [-0.15, -0.1) is 11.3 Å². The molecule has 0 radical (unpaired) electrons. The van der Waals surface area contributed by atoms with E-state index in [0.29, 0.717) is 0 Å². The summed E-state index contributed by atoms with van der Waals surface area (Å²) in [5.41, 5.74) is 2.15. The van der Waals surface area contributed by atoms with Crippen molar-refractivity contribution in [3.63, 3.8) is 0 Å². The number of thiazole rings is 1. The lowest BCUT2D eigenvalue weighted by atomic mass is 10.3. The fourth-order valence-corrected chi connectivity index (χ4v) is 3.35. The van der Waals surface area contributed by atoms with Crippen molar-refractivity contribution in [3.8, 4) is 0 Å². The van der Waals surface area contributed by atoms with Crippen molar-refractivity contribution in [2.45, 2.75) is 46.7 Å². The zero-order valence-corrected chi connectivity index (χ0v) is 17.0. The minimum absolute atomic E-state index is 0.0696. The van der Waals surface area contributed by atoms with Gasteiger partial charge in [-0.1, -0.05) is 6.07 Å². The number of unbranched alkanes of at least 4 members (excludes halogenated alkanes) is 1. The lowest BCUT2D eigenvalue weighted by molar-refractivity contribution is 0.469. The molecule has 2 rings (SSSR count). The van der Waals surface area contributed by atoms with Gasteiger partial charge in [0.1, 0.15) is 0 Å². The molecule has 2 aromatic heterocycles. The fourth-order valence-electron chi connectivity index (χ4n) is 2.75. The second kappa shape index (κ2) is 10.1. The Balaban J connectivity index is 1.85. The fraction of sp³-hybridized carbons (Fsp3) is 0.526. The molecule has 0 aliphatic carbocycles. The molecule has 2 aromatic rings. The molecule has 1 N–H and O–H groups in total. The lowest BCUT2D eigenvalue weighted by Gasteiger charge is -2.21. The van der Waals surface area contributed by atoms with Crippen LogP contribution in [0.4, 0.5) is 0 Å². The highest BCUT2D eigenvalue weighted by Crippen LogP contribution is 2.10. The summed E-state index contributed by atoms with van der Waals surface area (Å²) in [6, 6.07) is 5.39. The Morgan fingerprint density at radius 1 is 1.35 bits per heavy atom. The van der Waals surface area contributed by atoms with Gasteiger partial charge in [-0.25, -0.2) is 4.98 Å². The Morgan fingerprint density at radius 3 is 2.81 bits per heavy atom. The van der Waals surface area contributed by atoms with Crippen LogP contribution < -0.4 is 10.9 Å². The first kappa shape index (κ1) is 20.2. The minimum atomic E-state index is 0.0696. The van der Waals surface area contributed by atoms with E-state index >= 15 is 0 Å². The zero-order chi connectivity index (χ0) is 18.9. The molecule has 0 fully saturated rings. The summed E-state index contributed by atoms with van der Waals surface area (Å²) < 4.78 is 1.83. The molecule has 2 heterocycles. The van der Waals surface area contributed by atoms with E-state index < -0.39 is 0 Å². The average molecular weight is 376 g/mol. The molecule has 26 heavy (non-hydrogen) atoms. The Morgan fingerprint density at radius 2 is 2.15 bits per heavy atom. The molecule has 7 heteroatoms. The number of hydrogen-bond acceptors (Lipinski definition) is 4. The van der Waals surface area contributed by atoms with Gasteiger partial charge in [0.05, 0.1) is 17.2 Å². The summed E-state index contributed by atoms with van der Waals surface area (Å²) in [5, 5.41) is 6.51. The van der Waals surface area contributed by atoms with Gasteiger partial charge in [0.15, 0.2) is 5.96 Å². The monoisotopic (exact) mass is 375 g/mol. The average Bonchev–Trinajstić information content (AvgIpc) is 3.00. The van der Waals surface area contributed by atoms with Crippen LogP contribution in [0.2, 0.25) is 0 Å². The van der Waals surface area contributed by atoms with E-state index in [2.05, 4.69) is 27.5 Å². The summed E-state index contributed by atoms with van der Waals surface area (Å²) in [4.78, 5) is 23.2. The smallest absolute Gasteiger partial charge is 0.250 e. The van der Waals surface area contributed by atoms with E-state index in [4.69, 9.17) is 4.99 Å². The van der Waals surface area contributed by atoms with E-state index in [1.165, 1.54) is 0 Å². The number of aliphatic imine (C=N–C) groups is 1. The van der Waals surface area contributed by atoms with Crippen LogP contribution in [-0.2, 0) is 13.1 Å². The van der Waals surface area contributed by atoms with Crippen molar-refractivity contribution in [1.82, 2.24) is 19.8 Å². The van der Waals surface area contributed by atoms with Crippen molar-refractivity contribution in [2.24, 2.45) is 4.99 Å². The standard InChI is InChI=1S/C19H29N5OS/c1-5-20-19(23(4)13-17-14-26-16(3)22-17)21-11-6-7-12-24-15(2)9-8-10-18(24)25/h8-10,14H,5-7,11-13H2,1-4H3,(H,20,21). The number of rotatable bonds is 8. The summed E-state index contributed by atoms with van der Waals surface area (Å²) in [7, 11) is 2.03. The lowest BCUT2D eigenvalue weighted by Crippen LogP contribution is -2.38. The number of aryl methyl sites for hydroxylation is 2. The van der Waals surface area contributed by atoms with Gasteiger partial charge in [-0.3, -0.25) is 9.79 Å². The van der Waals surface area contributed by atoms with Crippen molar-refractivity contribution in [3.05, 3.63) is 50.3 Å². The van der Waals surface area contributed by atoms with Crippen LogP contribution in [0, 0.1) is 13.8 Å². The number of hydrogen-bond donors (Lipinski definition) is 1. The predicted molar refractivity (Wildman–Crippen MR) is 109 cm³/mol. The first-order valence-corrected chi connectivity index (χ1v) is 9.96. The summed E-state index contributed by atoms with van der Waals surface area (Å²) >= 11 is 1.67. The van der Waals surface area contributed by atoms with E-state index in [0.717, 1.165) is 61.4 Å². The molecule has 0 aliphatic heterocycles. The molecule has 0 spiro atoms. The normalized spacial score (nSPS) is 11.6. The first-order chi connectivity index (χ1) is 12.5. The highest BCUT2D eigenvalue weighted by atomic mass is 32.1. The summed E-state index contributed by atoms with van der Waals surface area (Å²) in [5.74, 6) is 0.895. The van der Waals surface area contributed by atoms with Gasteiger partial charge in [0.2, 0.25) is 0 Å². The van der Waals surface area contributed by atoms with E-state index in [1.807, 2.05) is 31.5 Å². The highest BCUT2D eigenvalue weighted by molar-refractivity contribution is 7.09. The van der Waals surface area contributed by atoms with Crippen LogP contribution in [0.5, 0.6) is 0 Å². The molecule has 0 aliphatic rings. The maximum atomic E-state index is 11.9. The van der Waals surface area contributed by atoms with E-state index in [9.17, 15) is 4.79 Å². The van der Waals surface area contributed by atoms with Gasteiger partial charge in [-0.05, 0) is 39.7 Å². The topological polar surface area (TPSA) is 62.5 Å². The van der Waals surface area contributed by atoms with Crippen molar-refractivity contribution in [2.75, 3.05) is 20.1 Å². The molecule has 6 nitrogen and oxygen atoms in total. The number of pyridine rings is 1. The number of nitrogens with one attached hydrogen (secondary N) is 1. The van der Waals surface area contributed by atoms with Crippen molar-refractivity contribution in [1.29, 1.82) is 0 Å². The van der Waals surface area contributed by atoms with Crippen molar-refractivity contribution >= 4 is 17.3 Å². The van der Waals surface area contributed by atoms with Crippen LogP contribution in [0.15, 0.2) is 33.4 Å². The molecule has 0 unspecified atom stereocenters. The number of guanidine groups is 1. The SMILES string of the molecule is CCNC(=NCCCCn1c(C)cccc1=O)N(C)Cc1csc(C)n1. The van der Waals surface area contributed by atoms with E-state index in [1.54, 1.807) is 23.5 Å². The molecular weight excluding hydrogens is 346 g/mol. The van der Waals surface area contributed by atoms with Gasteiger partial charge in [-0.2, -0.15) is 0 Å². The molecule has 0 amide bonds. The third kappa shape index (κ3) is 5.98. The zero-order valence-electron chi connectivity index (χ0n) is 16.2. The second-order valence-corrected chi connectivity index (χ2v) is 7.38. The van der Waals surface area contributed by atoms with Gasteiger partial charge >= 0.3 is 0 Å². The molecule has 0 bridgehead atoms. The first-order valence-electron chi connectivity index (χ1n) is 9.08. The highest BCUT2D eigenvalue weighted by Gasteiger charge is 2.08. The van der Waals surface area contributed by atoms with Crippen LogP contribution >= 0.6 is 11.3 Å². The maximum absolute atomic E-state index is 11.9. The Kier molecular flexibility index (Phi) is 7.84. The van der Waals surface area contributed by atoms with Crippen LogP contribution in [0.25, 0.3) is 0 Å². The quantitative estimate of drug-likeness (QED) is 0.438. The molecule has 0 saturated carbocycles. The molecule has 0 saturated heterocycles. The summed E-state index contributed by atoms with van der Waals surface area (Å²) in [6.07, 6.45) is 1.88. The third-order valence-electron chi connectivity index (χ3n) is 4.08. The number of nitrogens with zero attached hydrogens (tertiary/aromatic N) is 4. The third-order valence-corrected chi connectivity index (χ3v) is 4.90. The van der Waals surface area contributed by atoms with Gasteiger partial charge < -0.3 is 14.8 Å². The maximum Gasteiger partial charge on any atom is 0.250 e. The molecule has 0 atom stereocenters. The Bertz CT molecular complexity index is 780. The van der Waals surface area contributed by atoms with Crippen LogP contribution in [-0.4, -0.2) is 40.5 Å². The van der Waals surface area contributed by atoms with Gasteiger partial charge in [0, 0.05) is 43.8 Å².